The number of amides is 1. The second kappa shape index (κ2) is 6.83. The summed E-state index contributed by atoms with van der Waals surface area (Å²) in [6.45, 7) is 0. The van der Waals surface area contributed by atoms with Crippen molar-refractivity contribution in [3.05, 3.63) is 58.6 Å². The molecule has 0 aliphatic heterocycles. The maximum absolute atomic E-state index is 10.5. The summed E-state index contributed by atoms with van der Waals surface area (Å²) in [5, 5.41) is 1.19. The number of aromatic nitrogens is 2. The molecule has 6 heteroatoms. The number of nitrogens with zero attached hydrogens (tertiary/aromatic N) is 2. The van der Waals surface area contributed by atoms with Crippen LogP contribution in [0, 0.1) is 0 Å². The van der Waals surface area contributed by atoms with Crippen LogP contribution in [-0.4, -0.2) is 15.9 Å². The molecule has 2 aromatic heterocycles. The minimum Gasteiger partial charge on any atom is -0.364 e. The Morgan fingerprint density at radius 1 is 1.06 bits per heavy atom. The maximum Gasteiger partial charge on any atom is 0.267 e. The monoisotopic (exact) mass is 269 g/mol. The normalized spacial score (nSPS) is 9.06. The molecule has 0 unspecified atom stereocenters. The third-order valence-corrected chi connectivity index (χ3v) is 2.10. The zero-order chi connectivity index (χ0) is 12.7. The highest BCUT2D eigenvalue weighted by Gasteiger charge is 1.99. The lowest BCUT2D eigenvalue weighted by molar-refractivity contribution is 0.0995. The fraction of sp³-hybridized carbons (Fsp3) is 0. The van der Waals surface area contributed by atoms with Crippen molar-refractivity contribution in [2.45, 2.75) is 0 Å². The SMILES string of the molecule is Clc1ccncc1.NC(=O)c1cc(Cl)ccn1. The van der Waals surface area contributed by atoms with Crippen molar-refractivity contribution in [3.8, 4) is 0 Å². The van der Waals surface area contributed by atoms with Crippen LogP contribution in [0.5, 0.6) is 0 Å². The number of carbonyl (C=O) groups excluding carboxylic acids is 1. The lowest BCUT2D eigenvalue weighted by Gasteiger charge is -1.92. The number of rotatable bonds is 1. The van der Waals surface area contributed by atoms with Gasteiger partial charge in [0.2, 0.25) is 0 Å². The molecule has 0 saturated heterocycles. The fourth-order valence-electron chi connectivity index (χ4n) is 0.873. The molecule has 0 aliphatic carbocycles. The Labute approximate surface area is 108 Å². The summed E-state index contributed by atoms with van der Waals surface area (Å²) in [5.74, 6) is -0.567. The van der Waals surface area contributed by atoms with E-state index in [0.29, 0.717) is 5.02 Å². The lowest BCUT2D eigenvalue weighted by Crippen LogP contribution is -2.12. The average molecular weight is 270 g/mol. The first kappa shape index (κ1) is 13.4. The van der Waals surface area contributed by atoms with E-state index in [1.807, 2.05) is 0 Å². The van der Waals surface area contributed by atoms with Crippen molar-refractivity contribution in [1.82, 2.24) is 9.97 Å². The van der Waals surface area contributed by atoms with Gasteiger partial charge in [0.25, 0.3) is 5.91 Å². The van der Waals surface area contributed by atoms with Crippen molar-refractivity contribution < 1.29 is 4.79 Å². The first-order valence-electron chi connectivity index (χ1n) is 4.56. The number of nitrogens with two attached hydrogens (primary N) is 1. The Kier molecular flexibility index (Phi) is 5.39. The molecule has 2 heterocycles. The summed E-state index contributed by atoms with van der Waals surface area (Å²) in [7, 11) is 0. The first-order chi connectivity index (χ1) is 8.09. The average Bonchev–Trinajstić information content (AvgIpc) is 2.31. The number of hydrogen-bond acceptors (Lipinski definition) is 3. The second-order valence-corrected chi connectivity index (χ2v) is 3.76. The van der Waals surface area contributed by atoms with Gasteiger partial charge in [-0.3, -0.25) is 14.8 Å². The van der Waals surface area contributed by atoms with Crippen LogP contribution in [0.1, 0.15) is 10.5 Å². The summed E-state index contributed by atoms with van der Waals surface area (Å²) in [4.78, 5) is 17.9. The maximum atomic E-state index is 10.5. The minimum atomic E-state index is -0.567. The largest absolute Gasteiger partial charge is 0.364 e. The van der Waals surface area contributed by atoms with Gasteiger partial charge in [0.05, 0.1) is 0 Å². The number of primary amides is 1. The van der Waals surface area contributed by atoms with Gasteiger partial charge in [-0.1, -0.05) is 23.2 Å². The van der Waals surface area contributed by atoms with E-state index in [0.717, 1.165) is 5.02 Å². The number of carbonyl (C=O) groups is 1. The molecule has 2 aromatic rings. The molecule has 0 aromatic carbocycles. The molecule has 0 fully saturated rings. The highest BCUT2D eigenvalue weighted by atomic mass is 35.5. The van der Waals surface area contributed by atoms with E-state index in [1.165, 1.54) is 12.3 Å². The van der Waals surface area contributed by atoms with Gasteiger partial charge in [0, 0.05) is 28.6 Å². The predicted molar refractivity (Wildman–Crippen MR) is 67.0 cm³/mol. The van der Waals surface area contributed by atoms with E-state index in [1.54, 1.807) is 30.6 Å². The van der Waals surface area contributed by atoms with Gasteiger partial charge in [0.1, 0.15) is 5.69 Å². The molecule has 0 atom stereocenters. The molecule has 0 bridgehead atoms. The molecule has 1 amide bonds. The molecular weight excluding hydrogens is 261 g/mol. The van der Waals surface area contributed by atoms with Gasteiger partial charge in [-0.05, 0) is 24.3 Å². The van der Waals surface area contributed by atoms with E-state index in [9.17, 15) is 4.79 Å². The Morgan fingerprint density at radius 3 is 2.00 bits per heavy atom. The third kappa shape index (κ3) is 5.29. The van der Waals surface area contributed by atoms with Crippen LogP contribution in [0.15, 0.2) is 42.9 Å². The van der Waals surface area contributed by atoms with Crippen molar-refractivity contribution in [2.24, 2.45) is 5.73 Å². The minimum absolute atomic E-state index is 0.188. The van der Waals surface area contributed by atoms with Crippen LogP contribution in [0.3, 0.4) is 0 Å². The first-order valence-corrected chi connectivity index (χ1v) is 5.32. The van der Waals surface area contributed by atoms with Crippen LogP contribution < -0.4 is 5.73 Å². The molecule has 17 heavy (non-hydrogen) atoms. The zero-order valence-electron chi connectivity index (χ0n) is 8.68. The van der Waals surface area contributed by atoms with Gasteiger partial charge in [-0.15, -0.1) is 0 Å². The van der Waals surface area contributed by atoms with E-state index in [2.05, 4.69) is 9.97 Å². The summed E-state index contributed by atoms with van der Waals surface area (Å²) in [6, 6.07) is 6.47. The van der Waals surface area contributed by atoms with Crippen molar-refractivity contribution in [1.29, 1.82) is 0 Å². The number of hydrogen-bond donors (Lipinski definition) is 1. The van der Waals surface area contributed by atoms with Crippen LogP contribution in [0.25, 0.3) is 0 Å². The molecule has 0 aliphatic rings. The van der Waals surface area contributed by atoms with Gasteiger partial charge in [-0.25, -0.2) is 0 Å². The quantitative estimate of drug-likeness (QED) is 0.865. The smallest absolute Gasteiger partial charge is 0.267 e. The van der Waals surface area contributed by atoms with Gasteiger partial charge < -0.3 is 5.73 Å². The van der Waals surface area contributed by atoms with Crippen LogP contribution in [0.2, 0.25) is 10.0 Å². The molecule has 0 spiro atoms. The summed E-state index contributed by atoms with van der Waals surface area (Å²) in [5.41, 5.74) is 5.11. The highest BCUT2D eigenvalue weighted by molar-refractivity contribution is 6.31. The molecule has 0 saturated carbocycles. The number of halogens is 2. The van der Waals surface area contributed by atoms with E-state index in [-0.39, 0.29) is 5.69 Å². The Hall–Kier alpha value is -1.65. The van der Waals surface area contributed by atoms with Gasteiger partial charge >= 0.3 is 0 Å². The standard InChI is InChI=1S/C6H5ClN2O.C5H4ClN/c7-4-1-2-9-5(3-4)6(8)10;6-5-1-3-7-4-2-5/h1-3H,(H2,8,10);1-4H. The molecule has 2 N–H and O–H groups in total. The van der Waals surface area contributed by atoms with E-state index < -0.39 is 5.91 Å². The van der Waals surface area contributed by atoms with Crippen LogP contribution in [-0.2, 0) is 0 Å². The summed E-state index contributed by atoms with van der Waals surface area (Å²) >= 11 is 11.0. The molecule has 2 rings (SSSR count). The third-order valence-electron chi connectivity index (χ3n) is 1.61. The van der Waals surface area contributed by atoms with Crippen LogP contribution >= 0.6 is 23.2 Å². The number of pyridine rings is 2. The van der Waals surface area contributed by atoms with E-state index in [4.69, 9.17) is 28.9 Å². The van der Waals surface area contributed by atoms with Crippen LogP contribution in [0.4, 0.5) is 0 Å². The molecule has 4 nitrogen and oxygen atoms in total. The highest BCUT2D eigenvalue weighted by Crippen LogP contribution is 2.06. The topological polar surface area (TPSA) is 68.9 Å². The van der Waals surface area contributed by atoms with Crippen molar-refractivity contribution >= 4 is 29.1 Å². The van der Waals surface area contributed by atoms with E-state index >= 15 is 0 Å². The Bertz CT molecular complexity index is 491. The predicted octanol–water partition coefficient (Wildman–Crippen LogP) is 2.57. The fourth-order valence-corrected chi connectivity index (χ4v) is 1.15. The van der Waals surface area contributed by atoms with Crippen molar-refractivity contribution in [3.63, 3.8) is 0 Å². The summed E-state index contributed by atoms with van der Waals surface area (Å²) in [6.07, 6.45) is 4.74. The molecule has 88 valence electrons. The van der Waals surface area contributed by atoms with Gasteiger partial charge in [-0.2, -0.15) is 0 Å². The Morgan fingerprint density at radius 2 is 1.65 bits per heavy atom. The Balaban J connectivity index is 0.000000181. The molecular formula is C11H9Cl2N3O. The molecule has 0 radical (unpaired) electrons. The lowest BCUT2D eigenvalue weighted by atomic mass is 10.3. The van der Waals surface area contributed by atoms with Gasteiger partial charge in [0.15, 0.2) is 0 Å². The second-order valence-electron chi connectivity index (χ2n) is 2.89. The summed E-state index contributed by atoms with van der Waals surface area (Å²) < 4.78 is 0. The zero-order valence-corrected chi connectivity index (χ0v) is 10.2. The van der Waals surface area contributed by atoms with Crippen molar-refractivity contribution in [2.75, 3.05) is 0 Å².